The number of hydrogen-bond donors (Lipinski definition) is 0. The van der Waals surface area contributed by atoms with Gasteiger partial charge in [0.25, 0.3) is 0 Å². The van der Waals surface area contributed by atoms with Gasteiger partial charge >= 0.3 is 0 Å². The largest absolute Gasteiger partial charge is 0.461 e. The van der Waals surface area contributed by atoms with Crippen LogP contribution in [0, 0.1) is 0 Å². The Hall–Kier alpha value is -0.420. The Kier molecular flexibility index (Phi) is 5.25. The highest BCUT2D eigenvalue weighted by Gasteiger charge is 2.11. The molecule has 0 fully saturated rings. The Morgan fingerprint density at radius 2 is 2.20 bits per heavy atom. The van der Waals surface area contributed by atoms with E-state index in [1.54, 1.807) is 18.2 Å². The molecule has 0 saturated carbocycles. The number of benzene rings is 1. The van der Waals surface area contributed by atoms with Crippen LogP contribution in [0.5, 0.6) is 5.75 Å². The fraction of sp³-hybridized carbons (Fsp3) is 0.300. The molecule has 2 nitrogen and oxygen atoms in total. The van der Waals surface area contributed by atoms with Crippen molar-refractivity contribution in [1.29, 1.82) is 0 Å². The lowest BCUT2D eigenvalue weighted by molar-refractivity contribution is -0.115. The molecule has 0 atom stereocenters. The van der Waals surface area contributed by atoms with Gasteiger partial charge in [-0.25, -0.2) is 4.39 Å². The SMILES string of the molecule is O=C(CBr)Cc1cccc(Br)c1OCF. The molecule has 0 saturated heterocycles. The van der Waals surface area contributed by atoms with E-state index in [1.807, 2.05) is 0 Å². The van der Waals surface area contributed by atoms with E-state index >= 15 is 0 Å². The van der Waals surface area contributed by atoms with Crippen molar-refractivity contribution in [2.24, 2.45) is 0 Å². The number of carbonyl (C=O) groups is 1. The van der Waals surface area contributed by atoms with Crippen LogP contribution < -0.4 is 4.74 Å². The van der Waals surface area contributed by atoms with Gasteiger partial charge in [0, 0.05) is 12.0 Å². The first-order chi connectivity index (χ1) is 7.19. The molecule has 15 heavy (non-hydrogen) atoms. The maximum absolute atomic E-state index is 12.1. The second-order valence-corrected chi connectivity index (χ2v) is 4.25. The number of alkyl halides is 2. The minimum atomic E-state index is -0.905. The van der Waals surface area contributed by atoms with Gasteiger partial charge in [0.1, 0.15) is 11.5 Å². The van der Waals surface area contributed by atoms with Crippen LogP contribution in [-0.2, 0) is 11.2 Å². The Bertz CT molecular complexity index is 355. The molecule has 5 heteroatoms. The summed E-state index contributed by atoms with van der Waals surface area (Å²) in [4.78, 5) is 11.2. The number of Topliss-reactive ketones (excluding diaryl/α,β-unsaturated/α-hetero) is 1. The van der Waals surface area contributed by atoms with Crippen LogP contribution in [0.15, 0.2) is 22.7 Å². The molecule has 1 rings (SSSR count). The molecule has 82 valence electrons. The minimum absolute atomic E-state index is 0.0248. The van der Waals surface area contributed by atoms with Crippen LogP contribution in [0.4, 0.5) is 4.39 Å². The van der Waals surface area contributed by atoms with Crippen molar-refractivity contribution in [3.05, 3.63) is 28.2 Å². The molecule has 0 heterocycles. The number of ether oxygens (including phenoxy) is 1. The average Bonchev–Trinajstić information content (AvgIpc) is 2.23. The Morgan fingerprint density at radius 3 is 2.80 bits per heavy atom. The maximum atomic E-state index is 12.1. The molecular weight excluding hydrogens is 331 g/mol. The summed E-state index contributed by atoms with van der Waals surface area (Å²) in [5.74, 6) is 0.422. The van der Waals surface area contributed by atoms with Crippen molar-refractivity contribution in [3.63, 3.8) is 0 Å². The lowest BCUT2D eigenvalue weighted by atomic mass is 10.1. The predicted octanol–water partition coefficient (Wildman–Crippen LogP) is 3.26. The number of halogens is 3. The third-order valence-electron chi connectivity index (χ3n) is 1.78. The fourth-order valence-corrected chi connectivity index (χ4v) is 1.89. The fourth-order valence-electron chi connectivity index (χ4n) is 1.17. The van der Waals surface area contributed by atoms with Gasteiger partial charge in [-0.3, -0.25) is 4.79 Å². The molecular formula is C10H9Br2FO2. The van der Waals surface area contributed by atoms with Gasteiger partial charge in [0.2, 0.25) is 6.86 Å². The molecule has 0 radical (unpaired) electrons. The van der Waals surface area contributed by atoms with E-state index in [-0.39, 0.29) is 17.5 Å². The molecule has 1 aromatic carbocycles. The van der Waals surface area contributed by atoms with Crippen molar-refractivity contribution in [2.75, 3.05) is 12.2 Å². The lowest BCUT2D eigenvalue weighted by Crippen LogP contribution is -2.06. The van der Waals surface area contributed by atoms with Crippen molar-refractivity contribution < 1.29 is 13.9 Å². The minimum Gasteiger partial charge on any atom is -0.461 e. The monoisotopic (exact) mass is 338 g/mol. The van der Waals surface area contributed by atoms with E-state index in [2.05, 4.69) is 31.9 Å². The zero-order chi connectivity index (χ0) is 11.3. The van der Waals surface area contributed by atoms with Crippen LogP contribution >= 0.6 is 31.9 Å². The number of ketones is 1. The normalized spacial score (nSPS) is 10.1. The van der Waals surface area contributed by atoms with Crippen LogP contribution in [-0.4, -0.2) is 18.0 Å². The highest BCUT2D eigenvalue weighted by atomic mass is 79.9. The summed E-state index contributed by atoms with van der Waals surface area (Å²) in [5, 5.41) is 0.286. The van der Waals surface area contributed by atoms with Gasteiger partial charge in [-0.1, -0.05) is 28.1 Å². The molecule has 0 aromatic heterocycles. The second-order valence-electron chi connectivity index (χ2n) is 2.83. The van der Waals surface area contributed by atoms with Gasteiger partial charge in [0.15, 0.2) is 0 Å². The molecule has 0 aliphatic carbocycles. The number of rotatable bonds is 5. The van der Waals surface area contributed by atoms with Gasteiger partial charge in [-0.2, -0.15) is 0 Å². The topological polar surface area (TPSA) is 26.3 Å². The van der Waals surface area contributed by atoms with Crippen LogP contribution in [0.25, 0.3) is 0 Å². The van der Waals surface area contributed by atoms with E-state index in [9.17, 15) is 9.18 Å². The van der Waals surface area contributed by atoms with E-state index in [4.69, 9.17) is 4.74 Å². The Balaban J connectivity index is 2.94. The van der Waals surface area contributed by atoms with E-state index in [0.29, 0.717) is 15.8 Å². The van der Waals surface area contributed by atoms with E-state index < -0.39 is 6.86 Å². The van der Waals surface area contributed by atoms with E-state index in [0.717, 1.165) is 0 Å². The van der Waals surface area contributed by atoms with Crippen LogP contribution in [0.2, 0.25) is 0 Å². The van der Waals surface area contributed by atoms with Gasteiger partial charge in [-0.15, -0.1) is 0 Å². The van der Waals surface area contributed by atoms with Gasteiger partial charge in [0.05, 0.1) is 9.80 Å². The Morgan fingerprint density at radius 1 is 1.47 bits per heavy atom. The molecule has 0 spiro atoms. The maximum Gasteiger partial charge on any atom is 0.228 e. The van der Waals surface area contributed by atoms with Crippen molar-refractivity contribution in [3.8, 4) is 5.75 Å². The lowest BCUT2D eigenvalue weighted by Gasteiger charge is -2.09. The summed E-state index contributed by atoms with van der Waals surface area (Å²) in [6.45, 7) is -0.905. The van der Waals surface area contributed by atoms with Crippen molar-refractivity contribution >= 4 is 37.6 Å². The molecule has 1 aromatic rings. The average molecular weight is 340 g/mol. The van der Waals surface area contributed by atoms with Crippen LogP contribution in [0.3, 0.4) is 0 Å². The zero-order valence-electron chi connectivity index (χ0n) is 7.80. The highest BCUT2D eigenvalue weighted by Crippen LogP contribution is 2.29. The molecule has 0 unspecified atom stereocenters. The number of para-hydroxylation sites is 1. The van der Waals surface area contributed by atoms with Gasteiger partial charge < -0.3 is 4.74 Å². The summed E-state index contributed by atoms with van der Waals surface area (Å²) in [5.41, 5.74) is 0.687. The summed E-state index contributed by atoms with van der Waals surface area (Å²) in [7, 11) is 0. The first-order valence-electron chi connectivity index (χ1n) is 4.23. The standard InChI is InChI=1S/C10H9Br2FO2/c11-5-8(14)4-7-2-1-3-9(12)10(7)15-6-13/h1-3H,4-6H2. The first-order valence-corrected chi connectivity index (χ1v) is 6.14. The second kappa shape index (κ2) is 6.23. The third kappa shape index (κ3) is 3.57. The highest BCUT2D eigenvalue weighted by molar-refractivity contribution is 9.10. The van der Waals surface area contributed by atoms with E-state index in [1.165, 1.54) is 0 Å². The molecule has 0 N–H and O–H groups in total. The predicted molar refractivity (Wildman–Crippen MR) is 63.3 cm³/mol. The molecule has 0 aliphatic rings. The third-order valence-corrected chi connectivity index (χ3v) is 3.03. The number of hydrogen-bond acceptors (Lipinski definition) is 2. The Labute approximate surface area is 104 Å². The zero-order valence-corrected chi connectivity index (χ0v) is 11.0. The quantitative estimate of drug-likeness (QED) is 0.770. The molecule has 0 amide bonds. The summed E-state index contributed by atoms with van der Waals surface area (Å²) >= 11 is 6.32. The van der Waals surface area contributed by atoms with Crippen molar-refractivity contribution in [1.82, 2.24) is 0 Å². The number of carbonyl (C=O) groups excluding carboxylic acids is 1. The van der Waals surface area contributed by atoms with Crippen molar-refractivity contribution in [2.45, 2.75) is 6.42 Å². The van der Waals surface area contributed by atoms with Gasteiger partial charge in [-0.05, 0) is 22.0 Å². The first kappa shape index (κ1) is 12.6. The summed E-state index contributed by atoms with van der Waals surface area (Å²) in [6.07, 6.45) is 0.236. The smallest absolute Gasteiger partial charge is 0.228 e. The summed E-state index contributed by atoms with van der Waals surface area (Å²) in [6, 6.07) is 5.27. The summed E-state index contributed by atoms with van der Waals surface area (Å²) < 4.78 is 17.6. The molecule has 0 bridgehead atoms. The van der Waals surface area contributed by atoms with Crippen LogP contribution in [0.1, 0.15) is 5.56 Å². The molecule has 0 aliphatic heterocycles.